The largest absolute Gasteiger partial charge is 0.486 e. The molecule has 0 atom stereocenters. The number of hydrogen-bond acceptors (Lipinski definition) is 2. The average Bonchev–Trinajstić information content (AvgIpc) is 2.39. The van der Waals surface area contributed by atoms with Crippen LogP contribution in [0, 0.1) is 11.6 Å². The second-order valence-electron chi connectivity index (χ2n) is 3.88. The molecule has 0 spiro atoms. The first-order valence-electron chi connectivity index (χ1n) is 5.55. The van der Waals surface area contributed by atoms with E-state index >= 15 is 0 Å². The lowest BCUT2D eigenvalue weighted by atomic mass is 10.2. The van der Waals surface area contributed by atoms with Crippen molar-refractivity contribution in [2.75, 3.05) is 0 Å². The molecule has 0 heterocycles. The van der Waals surface area contributed by atoms with Gasteiger partial charge in [0.2, 0.25) is 0 Å². The summed E-state index contributed by atoms with van der Waals surface area (Å²) in [6.07, 6.45) is 0. The van der Waals surface area contributed by atoms with Gasteiger partial charge in [0.25, 0.3) is 0 Å². The zero-order chi connectivity index (χ0) is 13.0. The van der Waals surface area contributed by atoms with Gasteiger partial charge in [-0.3, -0.25) is 0 Å². The standard InChI is InChI=1S/C14H13F2NO/c15-12-4-1-10(2-5-12)9-18-14-6-3-11(8-17)7-13(14)16/h1-7H,8-9,17H2. The van der Waals surface area contributed by atoms with Gasteiger partial charge < -0.3 is 10.5 Å². The van der Waals surface area contributed by atoms with E-state index in [4.69, 9.17) is 10.5 Å². The van der Waals surface area contributed by atoms with Crippen molar-refractivity contribution in [1.29, 1.82) is 0 Å². The van der Waals surface area contributed by atoms with Crippen LogP contribution in [-0.4, -0.2) is 0 Å². The van der Waals surface area contributed by atoms with Crippen molar-refractivity contribution in [3.05, 3.63) is 65.2 Å². The first-order chi connectivity index (χ1) is 8.69. The molecule has 0 saturated heterocycles. The summed E-state index contributed by atoms with van der Waals surface area (Å²) >= 11 is 0. The highest BCUT2D eigenvalue weighted by Crippen LogP contribution is 2.19. The second kappa shape index (κ2) is 5.60. The van der Waals surface area contributed by atoms with Gasteiger partial charge in [0.15, 0.2) is 11.6 Å². The number of hydrogen-bond donors (Lipinski definition) is 1. The average molecular weight is 249 g/mol. The Hall–Kier alpha value is -1.94. The molecule has 2 nitrogen and oxygen atoms in total. The molecule has 2 aromatic carbocycles. The fourth-order valence-corrected chi connectivity index (χ4v) is 1.53. The molecule has 0 aliphatic rings. The summed E-state index contributed by atoms with van der Waals surface area (Å²) in [5.74, 6) is -0.589. The second-order valence-corrected chi connectivity index (χ2v) is 3.88. The molecule has 0 bridgehead atoms. The summed E-state index contributed by atoms with van der Waals surface area (Å²) in [5.41, 5.74) is 6.89. The monoisotopic (exact) mass is 249 g/mol. The van der Waals surface area contributed by atoms with Gasteiger partial charge in [-0.15, -0.1) is 0 Å². The smallest absolute Gasteiger partial charge is 0.165 e. The van der Waals surface area contributed by atoms with Gasteiger partial charge in [-0.05, 0) is 35.4 Å². The minimum atomic E-state index is -0.444. The first-order valence-corrected chi connectivity index (χ1v) is 5.55. The van der Waals surface area contributed by atoms with Gasteiger partial charge in [-0.1, -0.05) is 18.2 Å². The molecule has 4 heteroatoms. The maximum absolute atomic E-state index is 13.6. The van der Waals surface area contributed by atoms with Crippen molar-refractivity contribution in [2.24, 2.45) is 5.73 Å². The quantitative estimate of drug-likeness (QED) is 0.904. The van der Waals surface area contributed by atoms with Gasteiger partial charge in [0, 0.05) is 6.54 Å². The Morgan fingerprint density at radius 3 is 2.22 bits per heavy atom. The van der Waals surface area contributed by atoms with Gasteiger partial charge in [-0.2, -0.15) is 0 Å². The lowest BCUT2D eigenvalue weighted by Crippen LogP contribution is -2.00. The minimum Gasteiger partial charge on any atom is -0.486 e. The summed E-state index contributed by atoms with van der Waals surface area (Å²) in [7, 11) is 0. The van der Waals surface area contributed by atoms with Crippen molar-refractivity contribution in [3.8, 4) is 5.75 Å². The summed E-state index contributed by atoms with van der Waals surface area (Å²) in [6.45, 7) is 0.480. The maximum Gasteiger partial charge on any atom is 0.165 e. The SMILES string of the molecule is NCc1ccc(OCc2ccc(F)cc2)c(F)c1. The van der Waals surface area contributed by atoms with Crippen LogP contribution >= 0.6 is 0 Å². The van der Waals surface area contributed by atoms with E-state index in [1.807, 2.05) is 0 Å². The van der Waals surface area contributed by atoms with E-state index < -0.39 is 5.82 Å². The summed E-state index contributed by atoms with van der Waals surface area (Å²) in [5, 5.41) is 0. The molecule has 0 fully saturated rings. The highest BCUT2D eigenvalue weighted by atomic mass is 19.1. The van der Waals surface area contributed by atoms with Crippen molar-refractivity contribution in [1.82, 2.24) is 0 Å². The fraction of sp³-hybridized carbons (Fsp3) is 0.143. The van der Waals surface area contributed by atoms with E-state index in [-0.39, 0.29) is 24.7 Å². The van der Waals surface area contributed by atoms with E-state index in [1.54, 1.807) is 24.3 Å². The van der Waals surface area contributed by atoms with Crippen LogP contribution in [0.3, 0.4) is 0 Å². The molecule has 2 N–H and O–H groups in total. The molecule has 94 valence electrons. The van der Waals surface area contributed by atoms with Crippen LogP contribution in [0.25, 0.3) is 0 Å². The molecule has 0 unspecified atom stereocenters. The van der Waals surface area contributed by atoms with Crippen molar-refractivity contribution in [3.63, 3.8) is 0 Å². The molecule has 0 aromatic heterocycles. The van der Waals surface area contributed by atoms with Crippen molar-refractivity contribution >= 4 is 0 Å². The zero-order valence-electron chi connectivity index (χ0n) is 9.70. The number of halogens is 2. The minimum absolute atomic E-state index is 0.163. The van der Waals surface area contributed by atoms with Crippen molar-refractivity contribution < 1.29 is 13.5 Å². The maximum atomic E-state index is 13.6. The number of ether oxygens (including phenoxy) is 1. The number of benzene rings is 2. The van der Waals surface area contributed by atoms with Crippen LogP contribution in [0.5, 0.6) is 5.75 Å². The molecule has 2 rings (SSSR count). The fourth-order valence-electron chi connectivity index (χ4n) is 1.53. The van der Waals surface area contributed by atoms with Crippen molar-refractivity contribution in [2.45, 2.75) is 13.2 Å². The molecule has 0 aliphatic heterocycles. The van der Waals surface area contributed by atoms with E-state index in [2.05, 4.69) is 0 Å². The Balaban J connectivity index is 2.04. The molecule has 0 saturated carbocycles. The number of rotatable bonds is 4. The van der Waals surface area contributed by atoms with E-state index in [0.29, 0.717) is 5.56 Å². The molecule has 0 radical (unpaired) electrons. The molecule has 0 aliphatic carbocycles. The van der Waals surface area contributed by atoms with Gasteiger partial charge in [-0.25, -0.2) is 8.78 Å². The van der Waals surface area contributed by atoms with E-state index in [9.17, 15) is 8.78 Å². The molecular weight excluding hydrogens is 236 g/mol. The normalized spacial score (nSPS) is 10.4. The van der Waals surface area contributed by atoms with Crippen LogP contribution in [0.15, 0.2) is 42.5 Å². The lowest BCUT2D eigenvalue weighted by Gasteiger charge is -2.08. The van der Waals surface area contributed by atoms with Gasteiger partial charge in [0.1, 0.15) is 12.4 Å². The molecule has 18 heavy (non-hydrogen) atoms. The van der Waals surface area contributed by atoms with Crippen LogP contribution in [0.2, 0.25) is 0 Å². The highest BCUT2D eigenvalue weighted by molar-refractivity contribution is 5.29. The summed E-state index contributed by atoms with van der Waals surface area (Å²) < 4.78 is 31.6. The topological polar surface area (TPSA) is 35.2 Å². The Kier molecular flexibility index (Phi) is 3.89. The third kappa shape index (κ3) is 3.05. The van der Waals surface area contributed by atoms with E-state index in [0.717, 1.165) is 5.56 Å². The van der Waals surface area contributed by atoms with Gasteiger partial charge in [0.05, 0.1) is 0 Å². The summed E-state index contributed by atoms with van der Waals surface area (Å²) in [4.78, 5) is 0. The van der Waals surface area contributed by atoms with E-state index in [1.165, 1.54) is 18.2 Å². The lowest BCUT2D eigenvalue weighted by molar-refractivity contribution is 0.290. The predicted molar refractivity (Wildman–Crippen MR) is 65.0 cm³/mol. The Morgan fingerprint density at radius 1 is 0.944 bits per heavy atom. The van der Waals surface area contributed by atoms with Crippen LogP contribution < -0.4 is 10.5 Å². The zero-order valence-corrected chi connectivity index (χ0v) is 9.70. The predicted octanol–water partition coefficient (Wildman–Crippen LogP) is 3.00. The Bertz CT molecular complexity index is 526. The third-order valence-electron chi connectivity index (χ3n) is 2.54. The van der Waals surface area contributed by atoms with Crippen LogP contribution in [0.4, 0.5) is 8.78 Å². The molecule has 0 amide bonds. The molecule has 2 aromatic rings. The Morgan fingerprint density at radius 2 is 1.61 bits per heavy atom. The highest BCUT2D eigenvalue weighted by Gasteiger charge is 2.04. The summed E-state index contributed by atoms with van der Waals surface area (Å²) in [6, 6.07) is 10.5. The third-order valence-corrected chi connectivity index (χ3v) is 2.54. The number of nitrogens with two attached hydrogens (primary N) is 1. The van der Waals surface area contributed by atoms with Crippen LogP contribution in [0.1, 0.15) is 11.1 Å². The van der Waals surface area contributed by atoms with Crippen LogP contribution in [-0.2, 0) is 13.2 Å². The Labute approximate surface area is 104 Å². The van der Waals surface area contributed by atoms with Gasteiger partial charge >= 0.3 is 0 Å². The first kappa shape index (κ1) is 12.5. The molecular formula is C14H13F2NO.